The maximum atomic E-state index is 13.9. The molecule has 10 heteroatoms. The second-order valence-corrected chi connectivity index (χ2v) is 9.40. The summed E-state index contributed by atoms with van der Waals surface area (Å²) < 4.78 is 56.1. The average molecular weight is 494 g/mol. The Morgan fingerprint density at radius 3 is 2.24 bits per heavy atom. The molecule has 1 atom stereocenters. The Hall–Kier alpha value is -2.98. The van der Waals surface area contributed by atoms with E-state index in [-0.39, 0.29) is 23.6 Å². The van der Waals surface area contributed by atoms with Gasteiger partial charge >= 0.3 is 5.97 Å². The van der Waals surface area contributed by atoms with Gasteiger partial charge in [0, 0.05) is 12.6 Å². The third-order valence-corrected chi connectivity index (χ3v) is 7.59. The zero-order chi connectivity index (χ0) is 24.9. The summed E-state index contributed by atoms with van der Waals surface area (Å²) in [4.78, 5) is 12.3. The molecule has 0 aromatic heterocycles. The molecule has 1 unspecified atom stereocenters. The van der Waals surface area contributed by atoms with Crippen molar-refractivity contribution in [2.75, 3.05) is 41.1 Å². The van der Waals surface area contributed by atoms with Gasteiger partial charge in [-0.15, -0.1) is 0 Å². The zero-order valence-corrected chi connectivity index (χ0v) is 20.9. The van der Waals surface area contributed by atoms with Crippen LogP contribution < -0.4 is 18.9 Å². The number of nitrogens with zero attached hydrogens (tertiary/aromatic N) is 1. The van der Waals surface area contributed by atoms with Gasteiger partial charge in [0.15, 0.2) is 11.5 Å². The lowest BCUT2D eigenvalue weighted by Gasteiger charge is -2.36. The summed E-state index contributed by atoms with van der Waals surface area (Å²) >= 11 is 0. The smallest absolute Gasteiger partial charge is 0.307 e. The zero-order valence-electron chi connectivity index (χ0n) is 20.1. The summed E-state index contributed by atoms with van der Waals surface area (Å²) in [6.07, 6.45) is 0.277. The van der Waals surface area contributed by atoms with E-state index in [1.54, 1.807) is 18.2 Å². The van der Waals surface area contributed by atoms with E-state index in [9.17, 15) is 13.2 Å². The molecule has 0 spiro atoms. The molecule has 0 bridgehead atoms. The summed E-state index contributed by atoms with van der Waals surface area (Å²) in [5.74, 6) is 1.12. The third-order valence-electron chi connectivity index (χ3n) is 5.66. The average Bonchev–Trinajstić information content (AvgIpc) is 2.84. The van der Waals surface area contributed by atoms with Crippen molar-refractivity contribution in [3.8, 4) is 23.0 Å². The van der Waals surface area contributed by atoms with Gasteiger partial charge in [-0.2, -0.15) is 4.31 Å². The van der Waals surface area contributed by atoms with Crippen molar-refractivity contribution in [1.29, 1.82) is 0 Å². The van der Waals surface area contributed by atoms with E-state index in [1.165, 1.54) is 31.7 Å². The Kier molecular flexibility index (Phi) is 8.27. The molecule has 2 aromatic rings. The minimum atomic E-state index is -4.08. The van der Waals surface area contributed by atoms with Crippen molar-refractivity contribution in [2.24, 2.45) is 0 Å². The second kappa shape index (κ2) is 11.0. The Morgan fingerprint density at radius 1 is 0.971 bits per heavy atom. The molecule has 0 N–H and O–H groups in total. The number of rotatable bonds is 10. The SMILES string of the molecule is CCOc1cc2c(cc1OCC)C(CC(=O)OC)N(S(=O)(=O)c1cc(OC)ccc1OC)CC2. The summed E-state index contributed by atoms with van der Waals surface area (Å²) in [6.45, 7) is 4.76. The molecule has 9 nitrogen and oxygen atoms in total. The number of fused-ring (bicyclic) bond motifs is 1. The van der Waals surface area contributed by atoms with Gasteiger partial charge in [0.25, 0.3) is 0 Å². The van der Waals surface area contributed by atoms with Gasteiger partial charge in [0.1, 0.15) is 16.4 Å². The van der Waals surface area contributed by atoms with Crippen molar-refractivity contribution in [1.82, 2.24) is 4.31 Å². The predicted octanol–water partition coefficient (Wildman–Crippen LogP) is 3.35. The molecule has 0 fully saturated rings. The monoisotopic (exact) mass is 493 g/mol. The Labute approximate surface area is 200 Å². The van der Waals surface area contributed by atoms with Crippen molar-refractivity contribution in [3.63, 3.8) is 0 Å². The fourth-order valence-corrected chi connectivity index (χ4v) is 5.85. The number of hydrogen-bond donors (Lipinski definition) is 0. The van der Waals surface area contributed by atoms with Gasteiger partial charge in [-0.1, -0.05) is 0 Å². The van der Waals surface area contributed by atoms with Gasteiger partial charge in [-0.25, -0.2) is 8.42 Å². The second-order valence-electron chi connectivity index (χ2n) is 7.54. The van der Waals surface area contributed by atoms with Crippen LogP contribution in [0.15, 0.2) is 35.2 Å². The lowest BCUT2D eigenvalue weighted by atomic mass is 9.91. The first kappa shape index (κ1) is 25.6. The molecule has 3 rings (SSSR count). The number of ether oxygens (including phenoxy) is 5. The lowest BCUT2D eigenvalue weighted by molar-refractivity contribution is -0.141. The van der Waals surface area contributed by atoms with Gasteiger partial charge in [-0.05, 0) is 55.7 Å². The number of carbonyl (C=O) groups excluding carboxylic acids is 1. The minimum absolute atomic E-state index is 0.0383. The van der Waals surface area contributed by atoms with Gasteiger partial charge in [0.05, 0.1) is 47.0 Å². The standard InChI is InChI=1S/C24H31NO8S/c1-6-32-21-12-16-10-11-25(19(15-24(26)31-5)18(16)14-22(21)33-7-2)34(27,28)23-13-17(29-3)8-9-20(23)30-4/h8-9,12-14,19H,6-7,10-11,15H2,1-5H3. The van der Waals surface area contributed by atoms with Crippen LogP contribution in [0, 0.1) is 0 Å². The molecule has 186 valence electrons. The molecular formula is C24H31NO8S. The van der Waals surface area contributed by atoms with Gasteiger partial charge in [-0.3, -0.25) is 4.79 Å². The van der Waals surface area contributed by atoms with E-state index < -0.39 is 22.0 Å². The Balaban J connectivity index is 2.16. The molecule has 1 aliphatic heterocycles. The number of carbonyl (C=O) groups is 1. The van der Waals surface area contributed by atoms with Crippen LogP contribution in [-0.4, -0.2) is 59.8 Å². The van der Waals surface area contributed by atoms with E-state index in [2.05, 4.69) is 0 Å². The fraction of sp³-hybridized carbons (Fsp3) is 0.458. The van der Waals surface area contributed by atoms with Crippen molar-refractivity contribution in [2.45, 2.75) is 37.6 Å². The maximum absolute atomic E-state index is 13.9. The highest BCUT2D eigenvalue weighted by atomic mass is 32.2. The van der Waals surface area contributed by atoms with Crippen LogP contribution in [0.5, 0.6) is 23.0 Å². The van der Waals surface area contributed by atoms with E-state index in [0.717, 1.165) is 5.56 Å². The first-order chi connectivity index (χ1) is 16.3. The summed E-state index contributed by atoms with van der Waals surface area (Å²) in [5.41, 5.74) is 1.57. The number of benzene rings is 2. The van der Waals surface area contributed by atoms with Crippen molar-refractivity contribution >= 4 is 16.0 Å². The normalized spacial score (nSPS) is 15.9. The van der Waals surface area contributed by atoms with E-state index in [4.69, 9.17) is 23.7 Å². The van der Waals surface area contributed by atoms with Crippen LogP contribution in [0.3, 0.4) is 0 Å². The predicted molar refractivity (Wildman–Crippen MR) is 125 cm³/mol. The topological polar surface area (TPSA) is 101 Å². The van der Waals surface area contributed by atoms with E-state index in [0.29, 0.717) is 42.4 Å². The van der Waals surface area contributed by atoms with Crippen LogP contribution in [0.25, 0.3) is 0 Å². The first-order valence-electron chi connectivity index (χ1n) is 11.0. The highest BCUT2D eigenvalue weighted by Gasteiger charge is 2.40. The number of sulfonamides is 1. The highest BCUT2D eigenvalue weighted by Crippen LogP contribution is 2.43. The third kappa shape index (κ3) is 5.07. The molecule has 0 saturated carbocycles. The van der Waals surface area contributed by atoms with E-state index in [1.807, 2.05) is 19.9 Å². The lowest BCUT2D eigenvalue weighted by Crippen LogP contribution is -2.41. The summed E-state index contributed by atoms with van der Waals surface area (Å²) in [5, 5.41) is 0. The molecule has 34 heavy (non-hydrogen) atoms. The fourth-order valence-electron chi connectivity index (χ4n) is 4.08. The molecule has 0 saturated heterocycles. The maximum Gasteiger partial charge on any atom is 0.307 e. The molecule has 0 amide bonds. The van der Waals surface area contributed by atoms with Crippen LogP contribution >= 0.6 is 0 Å². The van der Waals surface area contributed by atoms with Crippen LogP contribution in [-0.2, 0) is 26.0 Å². The quantitative estimate of drug-likeness (QED) is 0.465. The summed E-state index contributed by atoms with van der Waals surface area (Å²) in [7, 11) is 0.0611. The highest BCUT2D eigenvalue weighted by molar-refractivity contribution is 7.89. The van der Waals surface area contributed by atoms with E-state index >= 15 is 0 Å². The largest absolute Gasteiger partial charge is 0.497 e. The Bertz CT molecular complexity index is 1130. The van der Waals surface area contributed by atoms with Crippen LogP contribution in [0.2, 0.25) is 0 Å². The first-order valence-corrected chi connectivity index (χ1v) is 12.5. The molecule has 0 aliphatic carbocycles. The van der Waals surface area contributed by atoms with Crippen molar-refractivity contribution in [3.05, 3.63) is 41.5 Å². The van der Waals surface area contributed by atoms with Crippen LogP contribution in [0.1, 0.15) is 37.4 Å². The molecule has 1 heterocycles. The van der Waals surface area contributed by atoms with Crippen LogP contribution in [0.4, 0.5) is 0 Å². The Morgan fingerprint density at radius 2 is 1.65 bits per heavy atom. The number of hydrogen-bond acceptors (Lipinski definition) is 8. The number of methoxy groups -OCH3 is 3. The molecular weight excluding hydrogens is 462 g/mol. The van der Waals surface area contributed by atoms with Gasteiger partial charge < -0.3 is 23.7 Å². The summed E-state index contributed by atoms with van der Waals surface area (Å²) in [6, 6.07) is 7.42. The van der Waals surface area contributed by atoms with Gasteiger partial charge in [0.2, 0.25) is 10.0 Å². The number of esters is 1. The molecule has 2 aromatic carbocycles. The molecule has 0 radical (unpaired) electrons. The molecule has 1 aliphatic rings. The van der Waals surface area contributed by atoms with Crippen molar-refractivity contribution < 1.29 is 36.9 Å². The minimum Gasteiger partial charge on any atom is -0.497 e.